The number of carboxylic acid groups (broad SMARTS) is 1. The first-order chi connectivity index (χ1) is 8.28. The number of amides is 2. The van der Waals surface area contributed by atoms with Gasteiger partial charge in [0.2, 0.25) is 0 Å². The van der Waals surface area contributed by atoms with Crippen LogP contribution in [0.1, 0.15) is 52.9 Å². The minimum absolute atomic E-state index is 0.0812. The van der Waals surface area contributed by atoms with Gasteiger partial charge in [0.25, 0.3) is 0 Å². The third-order valence-corrected chi connectivity index (χ3v) is 3.40. The van der Waals surface area contributed by atoms with Crippen molar-refractivity contribution in [3.8, 4) is 0 Å². The molecule has 1 rings (SSSR count). The number of hydrogen-bond donors (Lipinski definition) is 3. The lowest BCUT2D eigenvalue weighted by Crippen LogP contribution is -2.52. The number of nitrogens with one attached hydrogen (secondary N) is 2. The van der Waals surface area contributed by atoms with Gasteiger partial charge in [0.15, 0.2) is 0 Å². The second kappa shape index (κ2) is 6.07. The highest BCUT2D eigenvalue weighted by Gasteiger charge is 2.26. The summed E-state index contributed by atoms with van der Waals surface area (Å²) in [5.41, 5.74) is -0.724. The molecule has 1 aliphatic rings. The molecule has 104 valence electrons. The second-order valence-corrected chi connectivity index (χ2v) is 6.01. The molecule has 0 aromatic carbocycles. The zero-order chi connectivity index (χ0) is 13.8. The molecule has 0 aromatic rings. The second-order valence-electron chi connectivity index (χ2n) is 6.01. The summed E-state index contributed by atoms with van der Waals surface area (Å²) in [7, 11) is 0. The molecule has 0 heterocycles. The topological polar surface area (TPSA) is 78.4 Å². The SMILES string of the molecule is CC1CCC(NC(=O)NC(C)(C)CC(=O)O)CC1. The van der Waals surface area contributed by atoms with Crippen LogP contribution in [0, 0.1) is 5.92 Å². The Morgan fingerprint density at radius 3 is 2.28 bits per heavy atom. The molecule has 0 aromatic heterocycles. The van der Waals surface area contributed by atoms with Crippen LogP contribution in [-0.4, -0.2) is 28.7 Å². The number of hydrogen-bond acceptors (Lipinski definition) is 2. The number of carboxylic acids is 1. The van der Waals surface area contributed by atoms with Gasteiger partial charge < -0.3 is 15.7 Å². The van der Waals surface area contributed by atoms with Gasteiger partial charge in [0.1, 0.15) is 0 Å². The fourth-order valence-electron chi connectivity index (χ4n) is 2.36. The average molecular weight is 256 g/mol. The number of aliphatic carboxylic acids is 1. The largest absolute Gasteiger partial charge is 0.481 e. The Labute approximate surface area is 108 Å². The fraction of sp³-hybridized carbons (Fsp3) is 0.846. The number of carbonyl (C=O) groups is 2. The van der Waals surface area contributed by atoms with Crippen LogP contribution in [0.25, 0.3) is 0 Å². The zero-order valence-corrected chi connectivity index (χ0v) is 11.5. The summed E-state index contributed by atoms with van der Waals surface area (Å²) in [6.07, 6.45) is 4.22. The van der Waals surface area contributed by atoms with Gasteiger partial charge in [0, 0.05) is 11.6 Å². The maximum Gasteiger partial charge on any atom is 0.315 e. The normalized spacial score (nSPS) is 24.4. The van der Waals surface area contributed by atoms with Crippen LogP contribution in [0.15, 0.2) is 0 Å². The van der Waals surface area contributed by atoms with Crippen LogP contribution >= 0.6 is 0 Å². The molecule has 2 amide bonds. The highest BCUT2D eigenvalue weighted by atomic mass is 16.4. The van der Waals surface area contributed by atoms with Gasteiger partial charge in [-0.15, -0.1) is 0 Å². The van der Waals surface area contributed by atoms with E-state index in [1.807, 2.05) is 0 Å². The third kappa shape index (κ3) is 5.38. The van der Waals surface area contributed by atoms with E-state index >= 15 is 0 Å². The molecule has 5 heteroatoms. The molecule has 0 atom stereocenters. The first kappa shape index (κ1) is 14.8. The molecule has 0 saturated heterocycles. The number of rotatable bonds is 4. The van der Waals surface area contributed by atoms with Crippen LogP contribution in [0.3, 0.4) is 0 Å². The van der Waals surface area contributed by atoms with E-state index in [0.717, 1.165) is 31.6 Å². The quantitative estimate of drug-likeness (QED) is 0.721. The molecule has 3 N–H and O–H groups in total. The van der Waals surface area contributed by atoms with Crippen LogP contribution in [-0.2, 0) is 4.79 Å². The molecule has 0 radical (unpaired) electrons. The van der Waals surface area contributed by atoms with E-state index in [1.165, 1.54) is 0 Å². The van der Waals surface area contributed by atoms with Crippen molar-refractivity contribution in [3.05, 3.63) is 0 Å². The van der Waals surface area contributed by atoms with Gasteiger partial charge in [0.05, 0.1) is 6.42 Å². The van der Waals surface area contributed by atoms with Crippen molar-refractivity contribution in [2.45, 2.75) is 64.5 Å². The molecule has 0 bridgehead atoms. The summed E-state index contributed by atoms with van der Waals surface area (Å²) in [6.45, 7) is 5.65. The molecular weight excluding hydrogens is 232 g/mol. The van der Waals surface area contributed by atoms with E-state index < -0.39 is 11.5 Å². The summed E-state index contributed by atoms with van der Waals surface area (Å²) in [5, 5.41) is 14.4. The monoisotopic (exact) mass is 256 g/mol. The molecule has 0 aliphatic heterocycles. The Bertz CT molecular complexity index is 307. The lowest BCUT2D eigenvalue weighted by Gasteiger charge is -2.30. The van der Waals surface area contributed by atoms with Gasteiger partial charge >= 0.3 is 12.0 Å². The minimum atomic E-state index is -0.910. The van der Waals surface area contributed by atoms with Crippen molar-refractivity contribution in [2.75, 3.05) is 0 Å². The summed E-state index contributed by atoms with van der Waals surface area (Å²) < 4.78 is 0. The third-order valence-electron chi connectivity index (χ3n) is 3.40. The van der Waals surface area contributed by atoms with Crippen molar-refractivity contribution in [3.63, 3.8) is 0 Å². The van der Waals surface area contributed by atoms with Gasteiger partial charge in [-0.1, -0.05) is 6.92 Å². The van der Waals surface area contributed by atoms with Crippen LogP contribution < -0.4 is 10.6 Å². The predicted octanol–water partition coefficient (Wildman–Crippen LogP) is 2.12. The highest BCUT2D eigenvalue weighted by Crippen LogP contribution is 2.23. The Balaban J connectivity index is 2.35. The fourth-order valence-corrected chi connectivity index (χ4v) is 2.36. The van der Waals surface area contributed by atoms with Gasteiger partial charge in [-0.25, -0.2) is 4.79 Å². The van der Waals surface area contributed by atoms with Crippen molar-refractivity contribution in [1.82, 2.24) is 10.6 Å². The van der Waals surface area contributed by atoms with E-state index in [4.69, 9.17) is 5.11 Å². The molecule has 5 nitrogen and oxygen atoms in total. The highest BCUT2D eigenvalue weighted by molar-refractivity contribution is 5.76. The van der Waals surface area contributed by atoms with Crippen LogP contribution in [0.4, 0.5) is 4.79 Å². The Morgan fingerprint density at radius 1 is 1.22 bits per heavy atom. The molecule has 18 heavy (non-hydrogen) atoms. The summed E-state index contributed by atoms with van der Waals surface area (Å²) in [6, 6.07) is -0.0392. The average Bonchev–Trinajstić information content (AvgIpc) is 2.18. The molecular formula is C13H24N2O3. The molecule has 0 unspecified atom stereocenters. The lowest BCUT2D eigenvalue weighted by atomic mass is 9.87. The number of carbonyl (C=O) groups excluding carboxylic acids is 1. The minimum Gasteiger partial charge on any atom is -0.481 e. The van der Waals surface area contributed by atoms with Crippen LogP contribution in [0.5, 0.6) is 0 Å². The zero-order valence-electron chi connectivity index (χ0n) is 11.5. The predicted molar refractivity (Wildman–Crippen MR) is 69.4 cm³/mol. The van der Waals surface area contributed by atoms with E-state index in [2.05, 4.69) is 17.6 Å². The Hall–Kier alpha value is -1.26. The van der Waals surface area contributed by atoms with Crippen molar-refractivity contribution < 1.29 is 14.7 Å². The Kier molecular flexibility index (Phi) is 4.99. The molecule has 1 fully saturated rings. The smallest absolute Gasteiger partial charge is 0.315 e. The lowest BCUT2D eigenvalue weighted by molar-refractivity contribution is -0.138. The molecule has 1 aliphatic carbocycles. The summed E-state index contributed by atoms with van der Waals surface area (Å²) in [5.74, 6) is -0.165. The van der Waals surface area contributed by atoms with E-state index in [0.29, 0.717) is 0 Å². The van der Waals surface area contributed by atoms with Crippen molar-refractivity contribution in [2.24, 2.45) is 5.92 Å². The van der Waals surface area contributed by atoms with Gasteiger partial charge in [-0.2, -0.15) is 0 Å². The van der Waals surface area contributed by atoms with E-state index in [9.17, 15) is 9.59 Å². The van der Waals surface area contributed by atoms with Crippen molar-refractivity contribution in [1.29, 1.82) is 0 Å². The summed E-state index contributed by atoms with van der Waals surface area (Å²) >= 11 is 0. The Morgan fingerprint density at radius 2 is 1.78 bits per heavy atom. The van der Waals surface area contributed by atoms with Gasteiger partial charge in [-0.05, 0) is 45.4 Å². The van der Waals surface area contributed by atoms with Crippen molar-refractivity contribution >= 4 is 12.0 Å². The molecule has 0 spiro atoms. The molecule has 1 saturated carbocycles. The van der Waals surface area contributed by atoms with Gasteiger partial charge in [-0.3, -0.25) is 4.79 Å². The maximum atomic E-state index is 11.8. The standard InChI is InChI=1S/C13H24N2O3/c1-9-4-6-10(7-5-9)14-12(18)15-13(2,3)8-11(16)17/h9-10H,4-8H2,1-3H3,(H,16,17)(H2,14,15,18). The van der Waals surface area contributed by atoms with E-state index in [1.54, 1.807) is 13.8 Å². The number of urea groups is 1. The maximum absolute atomic E-state index is 11.8. The first-order valence-corrected chi connectivity index (χ1v) is 6.59. The first-order valence-electron chi connectivity index (χ1n) is 6.59. The van der Waals surface area contributed by atoms with E-state index in [-0.39, 0.29) is 18.5 Å². The summed E-state index contributed by atoms with van der Waals surface area (Å²) in [4.78, 5) is 22.4. The van der Waals surface area contributed by atoms with Crippen LogP contribution in [0.2, 0.25) is 0 Å².